The molecule has 2 N–H and O–H groups in total. The zero-order valence-corrected chi connectivity index (χ0v) is 13.2. The topological polar surface area (TPSA) is 29.3 Å². The molecule has 0 saturated heterocycles. The molecule has 3 atom stereocenters. The second-order valence-corrected chi connectivity index (χ2v) is 7.21. The van der Waals surface area contributed by atoms with Gasteiger partial charge in [0.05, 0.1) is 0 Å². The number of nitrogens with zero attached hydrogens (tertiary/aromatic N) is 1. The quantitative estimate of drug-likeness (QED) is 0.922. The van der Waals surface area contributed by atoms with Gasteiger partial charge in [-0.15, -0.1) is 0 Å². The van der Waals surface area contributed by atoms with Crippen molar-refractivity contribution >= 4 is 5.69 Å². The maximum atomic E-state index is 13.5. The predicted octanol–water partition coefficient (Wildman–Crippen LogP) is 3.59. The molecule has 1 heterocycles. The van der Waals surface area contributed by atoms with Crippen LogP contribution in [-0.2, 0) is 6.42 Å². The van der Waals surface area contributed by atoms with Gasteiger partial charge in [0.1, 0.15) is 5.82 Å². The summed E-state index contributed by atoms with van der Waals surface area (Å²) in [6.07, 6.45) is 4.66. The SMILES string of the molecule is CC(C)C1CCC(N)C(CN2CCc3ccc(F)cc32)C1. The lowest BCUT2D eigenvalue weighted by atomic mass is 9.73. The number of nitrogens with two attached hydrogens (primary N) is 1. The maximum Gasteiger partial charge on any atom is 0.125 e. The fourth-order valence-corrected chi connectivity index (χ4v) is 4.03. The van der Waals surface area contributed by atoms with Gasteiger partial charge < -0.3 is 10.6 Å². The van der Waals surface area contributed by atoms with Crippen molar-refractivity contribution < 1.29 is 4.39 Å². The number of hydrogen-bond donors (Lipinski definition) is 1. The zero-order valence-electron chi connectivity index (χ0n) is 13.2. The molecule has 0 radical (unpaired) electrons. The van der Waals surface area contributed by atoms with Gasteiger partial charge in [-0.05, 0) is 61.1 Å². The van der Waals surface area contributed by atoms with Gasteiger partial charge >= 0.3 is 0 Å². The normalized spacial score (nSPS) is 29.0. The molecule has 21 heavy (non-hydrogen) atoms. The molecule has 1 fully saturated rings. The van der Waals surface area contributed by atoms with E-state index in [4.69, 9.17) is 5.73 Å². The lowest BCUT2D eigenvalue weighted by Crippen LogP contribution is -2.43. The minimum Gasteiger partial charge on any atom is -0.371 e. The van der Waals surface area contributed by atoms with E-state index in [1.165, 1.54) is 18.4 Å². The van der Waals surface area contributed by atoms with Crippen molar-refractivity contribution in [1.29, 1.82) is 0 Å². The second-order valence-electron chi connectivity index (χ2n) is 7.21. The first-order valence-electron chi connectivity index (χ1n) is 8.33. The molecule has 3 heteroatoms. The van der Waals surface area contributed by atoms with Crippen molar-refractivity contribution in [3.8, 4) is 0 Å². The van der Waals surface area contributed by atoms with Gasteiger partial charge in [-0.25, -0.2) is 4.39 Å². The van der Waals surface area contributed by atoms with Crippen LogP contribution >= 0.6 is 0 Å². The second kappa shape index (κ2) is 5.96. The number of fused-ring (bicyclic) bond motifs is 1. The van der Waals surface area contributed by atoms with Crippen molar-refractivity contribution in [2.24, 2.45) is 23.5 Å². The molecule has 0 spiro atoms. The van der Waals surface area contributed by atoms with E-state index >= 15 is 0 Å². The van der Waals surface area contributed by atoms with Crippen molar-refractivity contribution in [3.63, 3.8) is 0 Å². The number of anilines is 1. The first-order valence-corrected chi connectivity index (χ1v) is 8.33. The fraction of sp³-hybridized carbons (Fsp3) is 0.667. The summed E-state index contributed by atoms with van der Waals surface area (Å²) in [5, 5.41) is 0. The van der Waals surface area contributed by atoms with Crippen LogP contribution in [0.1, 0.15) is 38.7 Å². The van der Waals surface area contributed by atoms with Gasteiger partial charge in [0.25, 0.3) is 0 Å². The summed E-state index contributed by atoms with van der Waals surface area (Å²) >= 11 is 0. The first kappa shape index (κ1) is 14.8. The lowest BCUT2D eigenvalue weighted by molar-refractivity contribution is 0.193. The van der Waals surface area contributed by atoms with Crippen LogP contribution in [0.5, 0.6) is 0 Å². The van der Waals surface area contributed by atoms with E-state index in [0.717, 1.165) is 43.5 Å². The minimum absolute atomic E-state index is 0.131. The van der Waals surface area contributed by atoms with Crippen LogP contribution in [0.25, 0.3) is 0 Å². The highest BCUT2D eigenvalue weighted by atomic mass is 19.1. The predicted molar refractivity (Wildman–Crippen MR) is 86.0 cm³/mol. The molecule has 1 aromatic carbocycles. The third-order valence-corrected chi connectivity index (χ3v) is 5.52. The van der Waals surface area contributed by atoms with E-state index in [-0.39, 0.29) is 5.82 Å². The van der Waals surface area contributed by atoms with E-state index in [1.807, 2.05) is 6.07 Å². The van der Waals surface area contributed by atoms with Crippen LogP contribution in [0.2, 0.25) is 0 Å². The molecular formula is C18H27FN2. The fourth-order valence-electron chi connectivity index (χ4n) is 4.03. The van der Waals surface area contributed by atoms with Crippen molar-refractivity contribution in [2.45, 2.75) is 45.6 Å². The van der Waals surface area contributed by atoms with E-state index in [2.05, 4.69) is 18.7 Å². The molecule has 3 rings (SSSR count). The number of halogens is 1. The Morgan fingerprint density at radius 3 is 2.90 bits per heavy atom. The summed E-state index contributed by atoms with van der Waals surface area (Å²) in [5.74, 6) is 1.95. The monoisotopic (exact) mass is 290 g/mol. The van der Waals surface area contributed by atoms with Gasteiger partial charge in [0.2, 0.25) is 0 Å². The average Bonchev–Trinajstić information content (AvgIpc) is 2.83. The summed E-state index contributed by atoms with van der Waals surface area (Å²) in [6, 6.07) is 5.50. The third kappa shape index (κ3) is 3.08. The van der Waals surface area contributed by atoms with Crippen molar-refractivity contribution in [1.82, 2.24) is 0 Å². The zero-order chi connectivity index (χ0) is 15.0. The molecule has 0 aromatic heterocycles. The van der Waals surface area contributed by atoms with Crippen LogP contribution in [0.15, 0.2) is 18.2 Å². The molecule has 1 aliphatic carbocycles. The Bertz CT molecular complexity index is 500. The Morgan fingerprint density at radius 2 is 2.14 bits per heavy atom. The van der Waals surface area contributed by atoms with Crippen LogP contribution in [-0.4, -0.2) is 19.1 Å². The molecule has 0 bridgehead atoms. The summed E-state index contributed by atoms with van der Waals surface area (Å²) < 4.78 is 13.5. The van der Waals surface area contributed by atoms with Gasteiger partial charge in [0.15, 0.2) is 0 Å². The highest BCUT2D eigenvalue weighted by Crippen LogP contribution is 2.36. The van der Waals surface area contributed by atoms with Gasteiger partial charge in [0, 0.05) is 24.8 Å². The van der Waals surface area contributed by atoms with E-state index in [9.17, 15) is 4.39 Å². The van der Waals surface area contributed by atoms with E-state index in [1.54, 1.807) is 12.1 Å². The van der Waals surface area contributed by atoms with Crippen LogP contribution < -0.4 is 10.6 Å². The Morgan fingerprint density at radius 1 is 1.33 bits per heavy atom. The number of benzene rings is 1. The van der Waals surface area contributed by atoms with Crippen LogP contribution in [0, 0.1) is 23.6 Å². The number of hydrogen-bond acceptors (Lipinski definition) is 2. The first-order chi connectivity index (χ1) is 10.0. The van der Waals surface area contributed by atoms with Gasteiger partial charge in [-0.1, -0.05) is 19.9 Å². The minimum atomic E-state index is -0.131. The molecule has 2 aliphatic rings. The highest BCUT2D eigenvalue weighted by Gasteiger charge is 2.32. The molecule has 1 saturated carbocycles. The lowest BCUT2D eigenvalue weighted by Gasteiger charge is -2.38. The summed E-state index contributed by atoms with van der Waals surface area (Å²) in [4.78, 5) is 2.35. The molecule has 3 unspecified atom stereocenters. The largest absolute Gasteiger partial charge is 0.371 e. The molecule has 116 valence electrons. The highest BCUT2D eigenvalue weighted by molar-refractivity contribution is 5.58. The number of rotatable bonds is 3. The van der Waals surface area contributed by atoms with Gasteiger partial charge in [-0.3, -0.25) is 0 Å². The Labute approximate surface area is 127 Å². The average molecular weight is 290 g/mol. The van der Waals surface area contributed by atoms with Crippen LogP contribution in [0.3, 0.4) is 0 Å². The maximum absolute atomic E-state index is 13.5. The Balaban J connectivity index is 1.71. The summed E-state index contributed by atoms with van der Waals surface area (Å²) in [6.45, 7) is 6.63. The summed E-state index contributed by atoms with van der Waals surface area (Å²) in [5.41, 5.74) is 8.74. The standard InChI is InChI=1S/C18H27FN2/c1-12(2)14-4-6-17(20)15(9-14)11-21-8-7-13-3-5-16(19)10-18(13)21/h3,5,10,12,14-15,17H,4,6-9,11,20H2,1-2H3. The van der Waals surface area contributed by atoms with E-state index in [0.29, 0.717) is 12.0 Å². The van der Waals surface area contributed by atoms with Crippen LogP contribution in [0.4, 0.5) is 10.1 Å². The van der Waals surface area contributed by atoms with E-state index < -0.39 is 0 Å². The molecule has 1 aliphatic heterocycles. The van der Waals surface area contributed by atoms with Crippen molar-refractivity contribution in [3.05, 3.63) is 29.6 Å². The third-order valence-electron chi connectivity index (χ3n) is 5.52. The molecule has 2 nitrogen and oxygen atoms in total. The summed E-state index contributed by atoms with van der Waals surface area (Å²) in [7, 11) is 0. The Hall–Kier alpha value is -1.09. The molecule has 1 aromatic rings. The van der Waals surface area contributed by atoms with Gasteiger partial charge in [-0.2, -0.15) is 0 Å². The Kier molecular flexibility index (Phi) is 4.21. The molecule has 0 amide bonds. The molecular weight excluding hydrogens is 263 g/mol. The van der Waals surface area contributed by atoms with Crippen molar-refractivity contribution in [2.75, 3.05) is 18.0 Å². The smallest absolute Gasteiger partial charge is 0.125 e.